The van der Waals surface area contributed by atoms with Crippen LogP contribution in [0, 0.1) is 13.8 Å². The number of amides is 1. The number of benzene rings is 1. The second-order valence-electron chi connectivity index (χ2n) is 5.48. The topological polar surface area (TPSA) is 114 Å². The number of hydrogen-bond acceptors (Lipinski definition) is 7. The summed E-state index contributed by atoms with van der Waals surface area (Å²) in [5.74, 6) is -0.765. The summed E-state index contributed by atoms with van der Waals surface area (Å²) in [4.78, 5) is 16.7. The highest BCUT2D eigenvalue weighted by Crippen LogP contribution is 2.28. The van der Waals surface area contributed by atoms with Crippen molar-refractivity contribution in [3.8, 4) is 0 Å². The van der Waals surface area contributed by atoms with Gasteiger partial charge in [0.2, 0.25) is 15.9 Å². The summed E-state index contributed by atoms with van der Waals surface area (Å²) >= 11 is 1.23. The van der Waals surface area contributed by atoms with E-state index in [1.165, 1.54) is 35.6 Å². The molecule has 0 atom stereocenters. The van der Waals surface area contributed by atoms with Crippen LogP contribution in [-0.2, 0) is 24.8 Å². The van der Waals surface area contributed by atoms with E-state index in [-0.39, 0.29) is 27.9 Å². The number of nitrogens with zero attached hydrogens (tertiary/aromatic N) is 2. The van der Waals surface area contributed by atoms with Crippen molar-refractivity contribution in [1.29, 1.82) is 0 Å². The molecule has 0 spiro atoms. The molecule has 0 bridgehead atoms. The summed E-state index contributed by atoms with van der Waals surface area (Å²) in [7, 11) is -7.53. The van der Waals surface area contributed by atoms with Crippen LogP contribution in [0.5, 0.6) is 0 Å². The molecule has 2 heterocycles. The van der Waals surface area contributed by atoms with Gasteiger partial charge < -0.3 is 0 Å². The first-order chi connectivity index (χ1) is 11.6. The van der Waals surface area contributed by atoms with Crippen LogP contribution >= 0.6 is 11.3 Å². The summed E-state index contributed by atoms with van der Waals surface area (Å²) < 4.78 is 51.7. The second kappa shape index (κ2) is 6.07. The van der Waals surface area contributed by atoms with E-state index in [9.17, 15) is 21.6 Å². The molecule has 1 aromatic carbocycles. The molecule has 25 heavy (non-hydrogen) atoms. The molecule has 1 N–H and O–H groups in total. The van der Waals surface area contributed by atoms with Gasteiger partial charge in [-0.3, -0.25) is 9.52 Å². The van der Waals surface area contributed by atoms with Crippen molar-refractivity contribution in [2.75, 3.05) is 14.8 Å². The lowest BCUT2D eigenvalue weighted by Crippen LogP contribution is -2.29. The predicted octanol–water partition coefficient (Wildman–Crippen LogP) is 1.63. The summed E-state index contributed by atoms with van der Waals surface area (Å²) in [6.45, 7) is 3.62. The molecule has 0 saturated carbocycles. The van der Waals surface area contributed by atoms with E-state index < -0.39 is 26.0 Å². The number of rotatable bonds is 4. The van der Waals surface area contributed by atoms with Crippen molar-refractivity contribution in [2.24, 2.45) is 0 Å². The van der Waals surface area contributed by atoms with Crippen molar-refractivity contribution in [2.45, 2.75) is 25.2 Å². The van der Waals surface area contributed by atoms with Crippen LogP contribution in [0.2, 0.25) is 0 Å². The summed E-state index contributed by atoms with van der Waals surface area (Å²) in [6.07, 6.45) is -0.0767. The molecular weight excluding hydrogens is 386 g/mol. The molecule has 0 aliphatic carbocycles. The molecule has 8 nitrogen and oxygen atoms in total. The minimum atomic E-state index is -3.85. The van der Waals surface area contributed by atoms with Gasteiger partial charge >= 0.3 is 0 Å². The first-order valence-corrected chi connectivity index (χ1v) is 11.1. The summed E-state index contributed by atoms with van der Waals surface area (Å²) in [6, 6.07) is 5.11. The maximum absolute atomic E-state index is 12.4. The zero-order valence-corrected chi connectivity index (χ0v) is 15.8. The minimum Gasteiger partial charge on any atom is -0.273 e. The fraction of sp³-hybridized carbons (Fsp3) is 0.286. The van der Waals surface area contributed by atoms with E-state index in [0.29, 0.717) is 4.31 Å². The van der Waals surface area contributed by atoms with E-state index in [1.54, 1.807) is 6.92 Å². The molecule has 134 valence electrons. The van der Waals surface area contributed by atoms with Crippen molar-refractivity contribution < 1.29 is 21.6 Å². The van der Waals surface area contributed by atoms with Gasteiger partial charge in [0.25, 0.3) is 10.0 Å². The quantitative estimate of drug-likeness (QED) is 0.833. The highest BCUT2D eigenvalue weighted by molar-refractivity contribution is 7.94. The Labute approximate surface area is 149 Å². The van der Waals surface area contributed by atoms with Gasteiger partial charge in [-0.1, -0.05) is 0 Å². The van der Waals surface area contributed by atoms with Crippen LogP contribution in [0.3, 0.4) is 0 Å². The number of carbonyl (C=O) groups excluding carboxylic acids is 1. The lowest BCUT2D eigenvalue weighted by molar-refractivity contribution is -0.116. The first-order valence-electron chi connectivity index (χ1n) is 7.23. The number of sulfonamides is 2. The molecule has 3 rings (SSSR count). The van der Waals surface area contributed by atoms with Gasteiger partial charge in [0.1, 0.15) is 0 Å². The number of aromatic nitrogens is 1. The predicted molar refractivity (Wildman–Crippen MR) is 94.7 cm³/mol. The van der Waals surface area contributed by atoms with E-state index in [4.69, 9.17) is 0 Å². The zero-order valence-electron chi connectivity index (χ0n) is 13.4. The van der Waals surface area contributed by atoms with Crippen molar-refractivity contribution in [3.63, 3.8) is 0 Å². The smallest absolute Gasteiger partial charge is 0.263 e. The minimum absolute atomic E-state index is 0.0502. The van der Waals surface area contributed by atoms with Gasteiger partial charge in [-0.2, -0.15) is 0 Å². The number of hydrogen-bond donors (Lipinski definition) is 1. The van der Waals surface area contributed by atoms with Crippen LogP contribution in [0.25, 0.3) is 0 Å². The van der Waals surface area contributed by atoms with E-state index in [2.05, 4.69) is 9.71 Å². The molecule has 11 heteroatoms. The fourth-order valence-corrected chi connectivity index (χ4v) is 5.83. The van der Waals surface area contributed by atoms with Crippen molar-refractivity contribution in [1.82, 2.24) is 4.98 Å². The normalized spacial score (nSPS) is 17.0. The Bertz CT molecular complexity index is 1020. The van der Waals surface area contributed by atoms with E-state index >= 15 is 0 Å². The molecule has 1 aliphatic rings. The number of nitrogens with one attached hydrogen (secondary N) is 1. The van der Waals surface area contributed by atoms with Gasteiger partial charge in [-0.15, -0.1) is 11.3 Å². The highest BCUT2D eigenvalue weighted by atomic mass is 32.2. The summed E-state index contributed by atoms with van der Waals surface area (Å²) in [5, 5.41) is 0.261. The van der Waals surface area contributed by atoms with E-state index in [1.807, 2.05) is 6.92 Å². The maximum Gasteiger partial charge on any atom is 0.263 e. The van der Waals surface area contributed by atoms with Crippen LogP contribution < -0.4 is 9.03 Å². The molecule has 2 aromatic rings. The SMILES string of the molecule is Cc1nc(NS(=O)(=O)c2ccc(N3C(=O)CCS3(=O)=O)cc2)sc1C. The second-order valence-corrected chi connectivity index (χ2v) is 10.3. The third kappa shape index (κ3) is 3.39. The number of anilines is 2. The van der Waals surface area contributed by atoms with Crippen LogP contribution in [-0.4, -0.2) is 33.5 Å². The lowest BCUT2D eigenvalue weighted by Gasteiger charge is -2.15. The van der Waals surface area contributed by atoms with Gasteiger partial charge in [-0.25, -0.2) is 26.1 Å². The zero-order chi connectivity index (χ0) is 18.4. The molecule has 1 fully saturated rings. The lowest BCUT2D eigenvalue weighted by atomic mass is 10.3. The van der Waals surface area contributed by atoms with Gasteiger partial charge in [-0.05, 0) is 38.1 Å². The Balaban J connectivity index is 1.88. The third-order valence-corrected chi connectivity index (χ3v) is 7.87. The van der Waals surface area contributed by atoms with E-state index in [0.717, 1.165) is 10.6 Å². The molecular formula is C14H15N3O5S3. The summed E-state index contributed by atoms with van der Waals surface area (Å²) in [5.41, 5.74) is 0.873. The van der Waals surface area contributed by atoms with Crippen LogP contribution in [0.4, 0.5) is 10.8 Å². The molecule has 1 aromatic heterocycles. The van der Waals surface area contributed by atoms with Gasteiger partial charge in [0.05, 0.1) is 22.0 Å². The number of thiazole rings is 1. The maximum atomic E-state index is 12.4. The monoisotopic (exact) mass is 401 g/mol. The average molecular weight is 401 g/mol. The number of carbonyl (C=O) groups is 1. The Kier molecular flexibility index (Phi) is 4.33. The van der Waals surface area contributed by atoms with Gasteiger partial charge in [0.15, 0.2) is 5.13 Å². The Morgan fingerprint density at radius 1 is 1.20 bits per heavy atom. The van der Waals surface area contributed by atoms with Gasteiger partial charge in [0, 0.05) is 11.3 Å². The molecule has 1 saturated heterocycles. The number of aryl methyl sites for hydroxylation is 2. The van der Waals surface area contributed by atoms with Crippen molar-refractivity contribution >= 4 is 48.1 Å². The Morgan fingerprint density at radius 3 is 2.32 bits per heavy atom. The third-order valence-electron chi connectivity index (χ3n) is 3.71. The highest BCUT2D eigenvalue weighted by Gasteiger charge is 2.36. The van der Waals surface area contributed by atoms with Crippen molar-refractivity contribution in [3.05, 3.63) is 34.8 Å². The van der Waals surface area contributed by atoms with Crippen LogP contribution in [0.15, 0.2) is 29.2 Å². The Hall–Kier alpha value is -1.98. The fourth-order valence-electron chi connectivity index (χ4n) is 2.32. The molecule has 0 radical (unpaired) electrons. The first kappa shape index (κ1) is 17.8. The standard InChI is InChI=1S/C14H15N3O5S3/c1-9-10(2)23-14(15-9)16-25(21,22)12-5-3-11(4-6-12)17-13(18)7-8-24(17,19)20/h3-6H,7-8H2,1-2H3,(H,15,16). The largest absolute Gasteiger partial charge is 0.273 e. The molecule has 0 unspecified atom stereocenters. The Morgan fingerprint density at radius 2 is 1.84 bits per heavy atom. The van der Waals surface area contributed by atoms with Crippen LogP contribution in [0.1, 0.15) is 17.0 Å². The molecule has 1 amide bonds. The molecule has 1 aliphatic heterocycles. The average Bonchev–Trinajstić information content (AvgIpc) is 2.97.